The number of nitrogens with zero attached hydrogens (tertiary/aromatic N) is 2. The smallest absolute Gasteiger partial charge is 0.230 e. The molecule has 0 saturated heterocycles. The third-order valence-corrected chi connectivity index (χ3v) is 7.72. The van der Waals surface area contributed by atoms with E-state index in [2.05, 4.69) is 46.5 Å². The van der Waals surface area contributed by atoms with Crippen molar-refractivity contribution in [1.82, 2.24) is 15.3 Å². The van der Waals surface area contributed by atoms with E-state index in [-0.39, 0.29) is 5.91 Å². The van der Waals surface area contributed by atoms with Gasteiger partial charge in [-0.15, -0.1) is 23.1 Å². The lowest BCUT2D eigenvalue weighted by atomic mass is 10.2. The second-order valence-electron chi connectivity index (χ2n) is 6.52. The molecule has 1 N–H and O–H groups in total. The van der Waals surface area contributed by atoms with E-state index in [1.54, 1.807) is 29.4 Å². The minimum Gasteiger partial charge on any atom is -0.355 e. The minimum absolute atomic E-state index is 0.0585. The molecule has 0 aliphatic heterocycles. The summed E-state index contributed by atoms with van der Waals surface area (Å²) in [6.45, 7) is 2.76. The van der Waals surface area contributed by atoms with Gasteiger partial charge in [-0.2, -0.15) is 0 Å². The SMILES string of the molecule is Cc1ccc(SCCNC(=O)CSc2ncnc3sc4c(c23)CCC4)cc1. The first-order valence-electron chi connectivity index (χ1n) is 9.05. The van der Waals surface area contributed by atoms with Gasteiger partial charge in [0, 0.05) is 27.5 Å². The number of thiophene rings is 1. The highest BCUT2D eigenvalue weighted by atomic mass is 32.2. The van der Waals surface area contributed by atoms with E-state index in [1.807, 2.05) is 0 Å². The molecule has 3 aromatic rings. The third kappa shape index (κ3) is 4.47. The number of fused-ring (bicyclic) bond motifs is 3. The molecule has 1 aliphatic carbocycles. The molecule has 140 valence electrons. The molecule has 0 fully saturated rings. The van der Waals surface area contributed by atoms with Crippen molar-refractivity contribution in [2.75, 3.05) is 18.1 Å². The zero-order valence-electron chi connectivity index (χ0n) is 15.2. The maximum absolute atomic E-state index is 12.2. The molecule has 7 heteroatoms. The molecular weight excluding hydrogens is 394 g/mol. The van der Waals surface area contributed by atoms with Crippen LogP contribution in [0.15, 0.2) is 40.5 Å². The number of carbonyl (C=O) groups is 1. The first-order valence-corrected chi connectivity index (χ1v) is 11.8. The summed E-state index contributed by atoms with van der Waals surface area (Å²) < 4.78 is 0. The van der Waals surface area contributed by atoms with Gasteiger partial charge >= 0.3 is 0 Å². The number of aromatic nitrogens is 2. The fourth-order valence-electron chi connectivity index (χ4n) is 3.19. The van der Waals surface area contributed by atoms with Crippen LogP contribution >= 0.6 is 34.9 Å². The van der Waals surface area contributed by atoms with Gasteiger partial charge in [-0.25, -0.2) is 9.97 Å². The van der Waals surface area contributed by atoms with Crippen molar-refractivity contribution in [2.45, 2.75) is 36.1 Å². The van der Waals surface area contributed by atoms with Crippen LogP contribution in [0.3, 0.4) is 0 Å². The van der Waals surface area contributed by atoms with Crippen molar-refractivity contribution in [3.05, 3.63) is 46.6 Å². The van der Waals surface area contributed by atoms with E-state index in [9.17, 15) is 4.79 Å². The lowest BCUT2D eigenvalue weighted by Gasteiger charge is -2.06. The van der Waals surface area contributed by atoms with Crippen LogP contribution in [0.2, 0.25) is 0 Å². The summed E-state index contributed by atoms with van der Waals surface area (Å²) in [4.78, 5) is 24.8. The number of amides is 1. The molecule has 0 saturated carbocycles. The minimum atomic E-state index is 0.0585. The highest BCUT2D eigenvalue weighted by Gasteiger charge is 2.21. The van der Waals surface area contributed by atoms with E-state index in [1.165, 1.54) is 44.5 Å². The molecule has 4 nitrogen and oxygen atoms in total. The number of thioether (sulfide) groups is 2. The summed E-state index contributed by atoms with van der Waals surface area (Å²) in [6, 6.07) is 8.47. The molecule has 2 heterocycles. The van der Waals surface area contributed by atoms with Crippen LogP contribution in [0.25, 0.3) is 10.2 Å². The number of hydrogen-bond acceptors (Lipinski definition) is 6. The summed E-state index contributed by atoms with van der Waals surface area (Å²) in [5.41, 5.74) is 2.67. The van der Waals surface area contributed by atoms with Gasteiger partial charge in [-0.3, -0.25) is 4.79 Å². The van der Waals surface area contributed by atoms with E-state index in [0.29, 0.717) is 12.3 Å². The topological polar surface area (TPSA) is 54.9 Å². The van der Waals surface area contributed by atoms with Crippen molar-refractivity contribution in [3.63, 3.8) is 0 Å². The second kappa shape index (κ2) is 8.63. The van der Waals surface area contributed by atoms with E-state index >= 15 is 0 Å². The fraction of sp³-hybridized carbons (Fsp3) is 0.350. The number of aryl methyl sites for hydroxylation is 3. The lowest BCUT2D eigenvalue weighted by Crippen LogP contribution is -2.27. The van der Waals surface area contributed by atoms with Crippen LogP contribution in [0.1, 0.15) is 22.4 Å². The van der Waals surface area contributed by atoms with Crippen LogP contribution in [0.5, 0.6) is 0 Å². The average Bonchev–Trinajstić information content (AvgIpc) is 3.26. The van der Waals surface area contributed by atoms with E-state index in [4.69, 9.17) is 0 Å². The maximum atomic E-state index is 12.2. The fourth-order valence-corrected chi connectivity index (χ4v) is 6.11. The molecule has 0 bridgehead atoms. The van der Waals surface area contributed by atoms with Crippen LogP contribution in [-0.2, 0) is 17.6 Å². The zero-order chi connectivity index (χ0) is 18.6. The summed E-state index contributed by atoms with van der Waals surface area (Å²) >= 11 is 5.07. The summed E-state index contributed by atoms with van der Waals surface area (Å²) in [7, 11) is 0. The number of carbonyl (C=O) groups excluding carboxylic acids is 1. The number of rotatable bonds is 7. The van der Waals surface area contributed by atoms with E-state index in [0.717, 1.165) is 28.5 Å². The molecule has 1 aliphatic rings. The number of benzene rings is 1. The second-order valence-corrected chi connectivity index (χ2v) is 9.73. The quantitative estimate of drug-likeness (QED) is 0.350. The molecule has 4 rings (SSSR count). The van der Waals surface area contributed by atoms with Crippen molar-refractivity contribution in [3.8, 4) is 0 Å². The van der Waals surface area contributed by atoms with Gasteiger partial charge in [-0.1, -0.05) is 29.5 Å². The van der Waals surface area contributed by atoms with Crippen molar-refractivity contribution in [1.29, 1.82) is 0 Å². The predicted molar refractivity (Wildman–Crippen MR) is 115 cm³/mol. The van der Waals surface area contributed by atoms with Crippen molar-refractivity contribution >= 4 is 51.0 Å². The molecule has 27 heavy (non-hydrogen) atoms. The van der Waals surface area contributed by atoms with Crippen LogP contribution < -0.4 is 5.32 Å². The van der Waals surface area contributed by atoms with Gasteiger partial charge < -0.3 is 5.32 Å². The van der Waals surface area contributed by atoms with Crippen molar-refractivity contribution < 1.29 is 4.79 Å². The Morgan fingerprint density at radius 1 is 1.19 bits per heavy atom. The largest absolute Gasteiger partial charge is 0.355 e. The van der Waals surface area contributed by atoms with Gasteiger partial charge in [0.15, 0.2) is 0 Å². The highest BCUT2D eigenvalue weighted by Crippen LogP contribution is 2.39. The first-order chi connectivity index (χ1) is 13.2. The van der Waals surface area contributed by atoms with Gasteiger partial charge in [0.05, 0.1) is 5.75 Å². The number of hydrogen-bond donors (Lipinski definition) is 1. The molecular formula is C20H21N3OS3. The molecule has 1 amide bonds. The Labute approximate surface area is 171 Å². The highest BCUT2D eigenvalue weighted by molar-refractivity contribution is 8.00. The Hall–Kier alpha value is -1.57. The molecule has 0 spiro atoms. The Morgan fingerprint density at radius 2 is 2.04 bits per heavy atom. The molecule has 1 aromatic carbocycles. The third-order valence-electron chi connectivity index (χ3n) is 4.52. The molecule has 0 unspecified atom stereocenters. The predicted octanol–water partition coefficient (Wildman–Crippen LogP) is 4.49. The molecule has 0 atom stereocenters. The van der Waals surface area contributed by atoms with Gasteiger partial charge in [0.1, 0.15) is 16.2 Å². The standard InChI is InChI=1S/C20H21N3OS3/c1-13-5-7-14(8-6-13)25-10-9-21-17(24)11-26-19-18-15-3-2-4-16(15)27-20(18)23-12-22-19/h5-8,12H,2-4,9-11H2,1H3,(H,21,24). The lowest BCUT2D eigenvalue weighted by molar-refractivity contribution is -0.118. The summed E-state index contributed by atoms with van der Waals surface area (Å²) in [6.07, 6.45) is 5.10. The van der Waals surface area contributed by atoms with Gasteiger partial charge in [-0.05, 0) is 43.9 Å². The van der Waals surface area contributed by atoms with Crippen molar-refractivity contribution in [2.24, 2.45) is 0 Å². The average molecular weight is 416 g/mol. The Morgan fingerprint density at radius 3 is 2.89 bits per heavy atom. The zero-order valence-corrected chi connectivity index (χ0v) is 17.6. The molecule has 2 aromatic heterocycles. The Bertz CT molecular complexity index is 953. The molecule has 0 radical (unpaired) electrons. The van der Waals surface area contributed by atoms with Crippen LogP contribution in [0, 0.1) is 6.92 Å². The van der Waals surface area contributed by atoms with Crippen LogP contribution in [-0.4, -0.2) is 33.9 Å². The summed E-state index contributed by atoms with van der Waals surface area (Å²) in [5, 5.41) is 5.14. The normalized spacial score (nSPS) is 13.1. The first kappa shape index (κ1) is 18.8. The van der Waals surface area contributed by atoms with Gasteiger partial charge in [0.2, 0.25) is 5.91 Å². The monoisotopic (exact) mass is 415 g/mol. The van der Waals surface area contributed by atoms with Crippen LogP contribution in [0.4, 0.5) is 0 Å². The van der Waals surface area contributed by atoms with E-state index < -0.39 is 0 Å². The maximum Gasteiger partial charge on any atom is 0.230 e. The number of nitrogens with one attached hydrogen (secondary N) is 1. The summed E-state index contributed by atoms with van der Waals surface area (Å²) in [5.74, 6) is 1.32. The van der Waals surface area contributed by atoms with Gasteiger partial charge in [0.25, 0.3) is 0 Å². The Balaban J connectivity index is 1.27. The Kier molecular flexibility index (Phi) is 6.00.